The molecule has 118 valence electrons. The van der Waals surface area contributed by atoms with Crippen molar-refractivity contribution in [2.75, 3.05) is 14.1 Å². The predicted molar refractivity (Wildman–Crippen MR) is 87.8 cm³/mol. The van der Waals surface area contributed by atoms with E-state index in [1.165, 1.54) is 6.07 Å². The Morgan fingerprint density at radius 1 is 1.36 bits per heavy atom. The van der Waals surface area contributed by atoms with Crippen LogP contribution < -0.4 is 5.56 Å². The van der Waals surface area contributed by atoms with E-state index in [4.69, 9.17) is 23.2 Å². The van der Waals surface area contributed by atoms with Crippen LogP contribution in [0.25, 0.3) is 10.9 Å². The zero-order valence-corrected chi connectivity index (χ0v) is 13.9. The third-order valence-corrected chi connectivity index (χ3v) is 4.37. The van der Waals surface area contributed by atoms with Gasteiger partial charge in [-0.3, -0.25) is 9.36 Å². The van der Waals surface area contributed by atoms with Gasteiger partial charge in [0.05, 0.1) is 22.0 Å². The summed E-state index contributed by atoms with van der Waals surface area (Å²) in [4.78, 5) is 19.3. The Hall–Kier alpha value is -1.30. The van der Waals surface area contributed by atoms with Crippen molar-refractivity contribution in [3.63, 3.8) is 0 Å². The number of halogens is 2. The Bertz CT molecular complexity index is 798. The number of fused-ring (bicyclic) bond motifs is 1. The second kappa shape index (κ2) is 5.72. The highest BCUT2D eigenvalue weighted by Crippen LogP contribution is 2.35. The Morgan fingerprint density at radius 3 is 2.64 bits per heavy atom. The van der Waals surface area contributed by atoms with Crippen molar-refractivity contribution in [3.05, 3.63) is 32.3 Å². The quantitative estimate of drug-likeness (QED) is 0.928. The lowest BCUT2D eigenvalue weighted by atomic mass is 10.2. The fraction of sp³-hybridized carbons (Fsp3) is 0.467. The van der Waals surface area contributed by atoms with Gasteiger partial charge in [-0.25, -0.2) is 4.98 Å². The molecule has 1 aromatic heterocycles. The summed E-state index contributed by atoms with van der Waals surface area (Å²) in [5.41, 5.74) is -0.0443. The Morgan fingerprint density at radius 2 is 2.05 bits per heavy atom. The number of hydrogen-bond donors (Lipinski definition) is 1. The lowest BCUT2D eigenvalue weighted by Crippen LogP contribution is -2.29. The zero-order valence-electron chi connectivity index (χ0n) is 12.4. The number of phenolic OH excluding ortho intramolecular Hbond substituents is 1. The molecule has 0 amide bonds. The van der Waals surface area contributed by atoms with Gasteiger partial charge in [0, 0.05) is 6.54 Å². The Labute approximate surface area is 138 Å². The molecule has 3 rings (SSSR count). The minimum absolute atomic E-state index is 0.0974. The molecule has 0 saturated heterocycles. The van der Waals surface area contributed by atoms with Gasteiger partial charge in [-0.05, 0) is 38.9 Å². The molecule has 1 aliphatic rings. The summed E-state index contributed by atoms with van der Waals surface area (Å²) in [6.07, 6.45) is 2.26. The van der Waals surface area contributed by atoms with E-state index >= 15 is 0 Å². The maximum Gasteiger partial charge on any atom is 0.263 e. The Balaban J connectivity index is 2.30. The summed E-state index contributed by atoms with van der Waals surface area (Å²) in [7, 11) is 3.81. The largest absolute Gasteiger partial charge is 0.504 e. The Kier molecular flexibility index (Phi) is 4.05. The zero-order chi connectivity index (χ0) is 16.0. The molecule has 0 bridgehead atoms. The van der Waals surface area contributed by atoms with Crippen LogP contribution in [0.4, 0.5) is 0 Å². The third kappa shape index (κ3) is 2.81. The van der Waals surface area contributed by atoms with Gasteiger partial charge in [0.15, 0.2) is 5.75 Å². The standard InChI is InChI=1S/C15H17Cl2N3O2/c1-19(2)7-11-18-13-12(9(16)5-10(17)14(13)21)15(22)20(11)6-8-3-4-8/h5,8,21H,3-4,6-7H2,1-2H3. The van der Waals surface area contributed by atoms with E-state index in [0.717, 1.165) is 12.8 Å². The van der Waals surface area contributed by atoms with Crippen LogP contribution in [-0.4, -0.2) is 33.7 Å². The minimum atomic E-state index is -0.217. The van der Waals surface area contributed by atoms with Gasteiger partial charge in [0.2, 0.25) is 0 Å². The van der Waals surface area contributed by atoms with Crippen LogP contribution in [0.5, 0.6) is 5.75 Å². The van der Waals surface area contributed by atoms with E-state index in [9.17, 15) is 9.90 Å². The summed E-state index contributed by atoms with van der Waals surface area (Å²) in [6, 6.07) is 1.39. The summed E-state index contributed by atoms with van der Waals surface area (Å²) in [5, 5.41) is 10.7. The molecule has 1 saturated carbocycles. The lowest BCUT2D eigenvalue weighted by Gasteiger charge is -2.17. The first-order valence-corrected chi connectivity index (χ1v) is 7.89. The highest BCUT2D eigenvalue weighted by Gasteiger charge is 2.26. The van der Waals surface area contributed by atoms with Crippen LogP contribution in [-0.2, 0) is 13.1 Å². The fourth-order valence-corrected chi connectivity index (χ4v) is 3.03. The molecule has 1 fully saturated rings. The SMILES string of the molecule is CN(C)Cc1nc2c(O)c(Cl)cc(Cl)c2c(=O)n1CC1CC1. The highest BCUT2D eigenvalue weighted by atomic mass is 35.5. The van der Waals surface area contributed by atoms with Crippen LogP contribution >= 0.6 is 23.2 Å². The number of nitrogens with zero attached hydrogens (tertiary/aromatic N) is 3. The van der Waals surface area contributed by atoms with E-state index in [1.54, 1.807) is 4.57 Å². The molecule has 0 spiro atoms. The first-order chi connectivity index (χ1) is 10.4. The van der Waals surface area contributed by atoms with Crippen LogP contribution in [0.3, 0.4) is 0 Å². The monoisotopic (exact) mass is 341 g/mol. The average Bonchev–Trinajstić information content (AvgIpc) is 3.23. The van der Waals surface area contributed by atoms with Crippen molar-refractivity contribution in [2.45, 2.75) is 25.9 Å². The van der Waals surface area contributed by atoms with Crippen LogP contribution in [0.1, 0.15) is 18.7 Å². The molecule has 1 N–H and O–H groups in total. The maximum atomic E-state index is 12.8. The normalized spacial score (nSPS) is 15.0. The van der Waals surface area contributed by atoms with Crippen molar-refractivity contribution < 1.29 is 5.11 Å². The lowest BCUT2D eigenvalue weighted by molar-refractivity contribution is 0.373. The second-order valence-corrected chi connectivity index (χ2v) is 6.85. The molecule has 1 heterocycles. The summed E-state index contributed by atoms with van der Waals surface area (Å²) in [5.74, 6) is 0.942. The van der Waals surface area contributed by atoms with Crippen molar-refractivity contribution in [1.82, 2.24) is 14.5 Å². The van der Waals surface area contributed by atoms with E-state index in [1.807, 2.05) is 19.0 Å². The first kappa shape index (κ1) is 15.6. The average molecular weight is 342 g/mol. The fourth-order valence-electron chi connectivity index (χ4n) is 2.50. The van der Waals surface area contributed by atoms with Crippen LogP contribution in [0, 0.1) is 5.92 Å². The number of benzene rings is 1. The molecule has 0 unspecified atom stereocenters. The minimum Gasteiger partial charge on any atom is -0.504 e. The summed E-state index contributed by atoms with van der Waals surface area (Å²) in [6.45, 7) is 1.14. The molecule has 7 heteroatoms. The number of rotatable bonds is 4. The number of aromatic nitrogens is 2. The van der Waals surface area contributed by atoms with Gasteiger partial charge in [0.25, 0.3) is 5.56 Å². The summed E-state index contributed by atoms with van der Waals surface area (Å²) < 4.78 is 1.68. The molecule has 5 nitrogen and oxygen atoms in total. The molecule has 0 atom stereocenters. The van der Waals surface area contributed by atoms with Gasteiger partial charge in [-0.1, -0.05) is 23.2 Å². The number of aromatic hydroxyl groups is 1. The molecular formula is C15H17Cl2N3O2. The van der Waals surface area contributed by atoms with Gasteiger partial charge >= 0.3 is 0 Å². The van der Waals surface area contributed by atoms with Crippen molar-refractivity contribution in [2.24, 2.45) is 5.92 Å². The number of hydrogen-bond acceptors (Lipinski definition) is 4. The molecule has 1 aliphatic carbocycles. The van der Waals surface area contributed by atoms with E-state index in [-0.39, 0.29) is 32.3 Å². The van der Waals surface area contributed by atoms with Crippen molar-refractivity contribution in [3.8, 4) is 5.75 Å². The van der Waals surface area contributed by atoms with Crippen molar-refractivity contribution in [1.29, 1.82) is 0 Å². The smallest absolute Gasteiger partial charge is 0.263 e. The molecule has 0 aliphatic heterocycles. The highest BCUT2D eigenvalue weighted by molar-refractivity contribution is 6.39. The maximum absolute atomic E-state index is 12.8. The molecule has 2 aromatic rings. The van der Waals surface area contributed by atoms with Crippen LogP contribution in [0.2, 0.25) is 10.0 Å². The van der Waals surface area contributed by atoms with E-state index < -0.39 is 0 Å². The topological polar surface area (TPSA) is 58.4 Å². The van der Waals surface area contributed by atoms with Crippen LogP contribution in [0.15, 0.2) is 10.9 Å². The van der Waals surface area contributed by atoms with Gasteiger partial charge < -0.3 is 10.0 Å². The summed E-state index contributed by atoms with van der Waals surface area (Å²) >= 11 is 12.1. The molecular weight excluding hydrogens is 325 g/mol. The molecule has 1 aromatic carbocycles. The van der Waals surface area contributed by atoms with Gasteiger partial charge in [-0.15, -0.1) is 0 Å². The van der Waals surface area contributed by atoms with Gasteiger partial charge in [0.1, 0.15) is 11.3 Å². The number of phenols is 1. The second-order valence-electron chi connectivity index (χ2n) is 6.04. The first-order valence-electron chi connectivity index (χ1n) is 7.13. The van der Waals surface area contributed by atoms with Gasteiger partial charge in [-0.2, -0.15) is 0 Å². The molecule has 0 radical (unpaired) electrons. The predicted octanol–water partition coefficient (Wildman–Crippen LogP) is 2.88. The third-order valence-electron chi connectivity index (χ3n) is 3.79. The molecule has 22 heavy (non-hydrogen) atoms. The van der Waals surface area contributed by atoms with Crippen molar-refractivity contribution >= 4 is 34.1 Å². The van der Waals surface area contributed by atoms with E-state index in [2.05, 4.69) is 4.98 Å². The van der Waals surface area contributed by atoms with E-state index in [0.29, 0.717) is 24.8 Å².